The number of esters is 2. The summed E-state index contributed by atoms with van der Waals surface area (Å²) >= 11 is 0. The lowest BCUT2D eigenvalue weighted by molar-refractivity contribution is -0.154. The molecule has 0 saturated carbocycles. The number of anilines is 2. The van der Waals surface area contributed by atoms with Crippen molar-refractivity contribution in [3.8, 4) is 11.5 Å². The third kappa shape index (κ3) is 11.9. The number of hydrazine groups is 1. The quantitative estimate of drug-likeness (QED) is 0.0517. The van der Waals surface area contributed by atoms with Crippen molar-refractivity contribution < 1.29 is 38.1 Å². The van der Waals surface area contributed by atoms with Gasteiger partial charge in [0.05, 0.1) is 39.5 Å². The van der Waals surface area contributed by atoms with Crippen LogP contribution in [-0.2, 0) is 28.7 Å². The van der Waals surface area contributed by atoms with Crippen molar-refractivity contribution in [1.82, 2.24) is 10.0 Å². The predicted molar refractivity (Wildman–Crippen MR) is 249 cm³/mol. The molecule has 6 rings (SSSR count). The molecule has 4 aromatic rings. The Kier molecular flexibility index (Phi) is 18.2. The van der Waals surface area contributed by atoms with Crippen molar-refractivity contribution in [2.24, 2.45) is 11.8 Å². The molecule has 342 valence electrons. The second kappa shape index (κ2) is 24.4. The van der Waals surface area contributed by atoms with E-state index in [0.29, 0.717) is 46.8 Å². The van der Waals surface area contributed by atoms with Crippen molar-refractivity contribution >= 4 is 35.1 Å². The van der Waals surface area contributed by atoms with Crippen LogP contribution >= 0.6 is 0 Å². The van der Waals surface area contributed by atoms with Crippen LogP contribution in [0, 0.1) is 11.8 Å². The standard InChI is InChI=1S/C52H66N4O8/c1-5-7-9-11-13-21-35-63-51(59)43-45(37-27-31-41(61-3)32-28-37)55-48(50(58)54-40-25-19-16-20-26-40)44(52(60)64-36-22-14-12-10-8-6-2)46(38-29-33-42(62-4)34-30-38)56(55)47(43)49(57)53-39-23-17-15-18-24-39/h15-20,23-34,43-48H,5-14,21-22,35-36H2,1-4H3,(H,53,57)(H,54,58)/t43-,44-,45+,46+,47+,48+/m0/s1. The lowest BCUT2D eigenvalue weighted by atomic mass is 9.81. The Bertz CT molecular complexity index is 1920. The fraction of sp³-hybridized carbons (Fsp3) is 0.462. The van der Waals surface area contributed by atoms with Crippen molar-refractivity contribution in [1.29, 1.82) is 0 Å². The van der Waals surface area contributed by atoms with Crippen LogP contribution in [0.2, 0.25) is 0 Å². The van der Waals surface area contributed by atoms with Crippen LogP contribution in [0.15, 0.2) is 109 Å². The molecule has 2 heterocycles. The average Bonchev–Trinajstić information content (AvgIpc) is 3.85. The maximum absolute atomic E-state index is 15.2. The number of nitrogens with one attached hydrogen (secondary N) is 2. The molecule has 2 fully saturated rings. The summed E-state index contributed by atoms with van der Waals surface area (Å²) in [6, 6.07) is 28.2. The lowest BCUT2D eigenvalue weighted by Gasteiger charge is -2.33. The van der Waals surface area contributed by atoms with E-state index in [9.17, 15) is 9.59 Å². The highest BCUT2D eigenvalue weighted by molar-refractivity contribution is 6.01. The summed E-state index contributed by atoms with van der Waals surface area (Å²) in [5.74, 6) is -3.25. The predicted octanol–water partition coefficient (Wildman–Crippen LogP) is 10.1. The maximum Gasteiger partial charge on any atom is 0.313 e. The lowest BCUT2D eigenvalue weighted by Crippen LogP contribution is -2.49. The molecule has 0 aromatic heterocycles. The number of hydrogen-bond donors (Lipinski definition) is 2. The van der Waals surface area contributed by atoms with Gasteiger partial charge in [-0.3, -0.25) is 19.2 Å². The molecule has 0 aliphatic carbocycles. The zero-order valence-corrected chi connectivity index (χ0v) is 37.9. The van der Waals surface area contributed by atoms with Gasteiger partial charge >= 0.3 is 11.9 Å². The number of carbonyl (C=O) groups excluding carboxylic acids is 4. The molecule has 2 N–H and O–H groups in total. The number of unbranched alkanes of at least 4 members (excludes halogenated alkanes) is 10. The number of benzene rings is 4. The van der Waals surface area contributed by atoms with E-state index in [1.807, 2.05) is 60.7 Å². The Hall–Kier alpha value is -5.72. The first-order valence-corrected chi connectivity index (χ1v) is 23.2. The molecule has 2 aliphatic heterocycles. The molecular weight excluding hydrogens is 809 g/mol. The van der Waals surface area contributed by atoms with E-state index >= 15 is 9.59 Å². The maximum atomic E-state index is 15.2. The Labute approximate surface area is 378 Å². The molecular formula is C52H66N4O8. The second-order valence-corrected chi connectivity index (χ2v) is 16.7. The molecule has 12 nitrogen and oxygen atoms in total. The van der Waals surface area contributed by atoms with Gasteiger partial charge in [0.1, 0.15) is 35.4 Å². The van der Waals surface area contributed by atoms with Gasteiger partial charge in [-0.15, -0.1) is 0 Å². The minimum atomic E-state index is -1.25. The average molecular weight is 875 g/mol. The molecule has 64 heavy (non-hydrogen) atoms. The zero-order chi connectivity index (χ0) is 45.3. The molecule has 0 spiro atoms. The van der Waals surface area contributed by atoms with Gasteiger partial charge in [-0.25, -0.2) is 10.0 Å². The summed E-state index contributed by atoms with van der Waals surface area (Å²) in [5.41, 5.74) is 2.32. The van der Waals surface area contributed by atoms with E-state index in [-0.39, 0.29) is 13.2 Å². The molecule has 12 heteroatoms. The molecule has 6 atom stereocenters. The van der Waals surface area contributed by atoms with Gasteiger partial charge in [0, 0.05) is 11.4 Å². The number of amides is 2. The number of para-hydroxylation sites is 2. The number of fused-ring (bicyclic) bond motifs is 1. The monoisotopic (exact) mass is 874 g/mol. The van der Waals surface area contributed by atoms with Gasteiger partial charge in [0.15, 0.2) is 0 Å². The van der Waals surface area contributed by atoms with Gasteiger partial charge in [-0.1, -0.05) is 139 Å². The SMILES string of the molecule is CCCCCCCCOC(=O)[C@H]1[C@@H](c2ccc(OC)cc2)N2[C@@H](C(=O)Nc3ccccc3)[C@@H](C(=O)OCCCCCCCC)[C@@H](c3ccc(OC)cc3)N2[C@H]1C(=O)Nc1ccccc1. The third-order valence-electron chi connectivity index (χ3n) is 12.3. The highest BCUT2D eigenvalue weighted by Gasteiger charge is 2.68. The Morgan fingerprint density at radius 1 is 0.469 bits per heavy atom. The molecule has 0 radical (unpaired) electrons. The van der Waals surface area contributed by atoms with Crippen LogP contribution in [0.1, 0.15) is 114 Å². The van der Waals surface area contributed by atoms with Gasteiger partial charge < -0.3 is 29.6 Å². The van der Waals surface area contributed by atoms with Crippen LogP contribution in [-0.4, -0.2) is 73.3 Å². The first-order chi connectivity index (χ1) is 31.3. The first kappa shape index (κ1) is 47.8. The summed E-state index contributed by atoms with van der Waals surface area (Å²) in [4.78, 5) is 60.4. The summed E-state index contributed by atoms with van der Waals surface area (Å²) in [5, 5.41) is 9.73. The molecule has 2 aliphatic rings. The van der Waals surface area contributed by atoms with Crippen molar-refractivity contribution in [3.63, 3.8) is 0 Å². The molecule has 2 saturated heterocycles. The Morgan fingerprint density at radius 2 is 0.812 bits per heavy atom. The van der Waals surface area contributed by atoms with Gasteiger partial charge in [-0.05, 0) is 72.5 Å². The van der Waals surface area contributed by atoms with Crippen LogP contribution in [0.4, 0.5) is 11.4 Å². The highest BCUT2D eigenvalue weighted by Crippen LogP contribution is 2.56. The van der Waals surface area contributed by atoms with Gasteiger partial charge in [0.25, 0.3) is 0 Å². The first-order valence-electron chi connectivity index (χ1n) is 23.2. The van der Waals surface area contributed by atoms with Crippen molar-refractivity contribution in [2.75, 3.05) is 38.1 Å². The van der Waals surface area contributed by atoms with Crippen LogP contribution in [0.3, 0.4) is 0 Å². The highest BCUT2D eigenvalue weighted by atomic mass is 16.5. The van der Waals surface area contributed by atoms with Crippen LogP contribution in [0.25, 0.3) is 0 Å². The minimum Gasteiger partial charge on any atom is -0.497 e. The van der Waals surface area contributed by atoms with Gasteiger partial charge in [0.2, 0.25) is 11.8 Å². The fourth-order valence-electron chi connectivity index (χ4n) is 9.11. The largest absolute Gasteiger partial charge is 0.497 e. The molecule has 2 amide bonds. The topological polar surface area (TPSA) is 136 Å². The van der Waals surface area contributed by atoms with E-state index in [0.717, 1.165) is 64.2 Å². The molecule has 0 unspecified atom stereocenters. The van der Waals surface area contributed by atoms with E-state index in [2.05, 4.69) is 24.5 Å². The molecule has 4 aromatic carbocycles. The van der Waals surface area contributed by atoms with E-state index < -0.39 is 59.8 Å². The minimum absolute atomic E-state index is 0.178. The number of methoxy groups -OCH3 is 2. The number of nitrogens with zero attached hydrogens (tertiary/aromatic N) is 2. The number of rotatable bonds is 24. The zero-order valence-electron chi connectivity index (χ0n) is 37.9. The van der Waals surface area contributed by atoms with Crippen molar-refractivity contribution in [3.05, 3.63) is 120 Å². The third-order valence-corrected chi connectivity index (χ3v) is 12.3. The normalized spacial score (nSPS) is 20.6. The van der Waals surface area contributed by atoms with Gasteiger partial charge in [-0.2, -0.15) is 0 Å². The van der Waals surface area contributed by atoms with Crippen LogP contribution < -0.4 is 20.1 Å². The van der Waals surface area contributed by atoms with E-state index in [1.54, 1.807) is 72.8 Å². The summed E-state index contributed by atoms with van der Waals surface area (Å²) in [6.07, 6.45) is 12.0. The fourth-order valence-corrected chi connectivity index (χ4v) is 9.11. The Balaban J connectivity index is 1.51. The van der Waals surface area contributed by atoms with Crippen molar-refractivity contribution in [2.45, 2.75) is 115 Å². The number of hydrogen-bond acceptors (Lipinski definition) is 10. The summed E-state index contributed by atoms with van der Waals surface area (Å²) in [7, 11) is 3.15. The summed E-state index contributed by atoms with van der Waals surface area (Å²) < 4.78 is 23.4. The van der Waals surface area contributed by atoms with E-state index in [1.165, 1.54) is 0 Å². The van der Waals surface area contributed by atoms with Crippen LogP contribution in [0.5, 0.6) is 11.5 Å². The van der Waals surface area contributed by atoms with E-state index in [4.69, 9.17) is 18.9 Å². The smallest absolute Gasteiger partial charge is 0.313 e. The summed E-state index contributed by atoms with van der Waals surface area (Å²) in [6.45, 7) is 4.70. The number of ether oxygens (including phenoxy) is 4. The molecule has 0 bridgehead atoms. The Morgan fingerprint density at radius 3 is 1.16 bits per heavy atom. The number of carbonyl (C=O) groups is 4. The second-order valence-electron chi connectivity index (χ2n) is 16.7.